The largest absolute Gasteiger partial charge is 0.395 e. The Hall–Kier alpha value is -1.75. The van der Waals surface area contributed by atoms with Gasteiger partial charge in [-0.15, -0.1) is 0 Å². The van der Waals surface area contributed by atoms with Crippen molar-refractivity contribution >= 4 is 17.8 Å². The van der Waals surface area contributed by atoms with E-state index < -0.39 is 0 Å². The molecule has 0 aliphatic heterocycles. The topological polar surface area (TPSA) is 158 Å². The summed E-state index contributed by atoms with van der Waals surface area (Å²) >= 11 is 0. The number of rotatable bonds is 10. The molecular formula is C11H24N8O2. The molecule has 1 atom stereocenters. The predicted molar refractivity (Wildman–Crippen MR) is 81.0 cm³/mol. The second-order valence-electron chi connectivity index (χ2n) is 4.37. The molecule has 0 saturated heterocycles. The van der Waals surface area contributed by atoms with Crippen molar-refractivity contribution in [1.82, 2.24) is 15.0 Å². The van der Waals surface area contributed by atoms with E-state index in [2.05, 4.69) is 25.6 Å². The van der Waals surface area contributed by atoms with Crippen LogP contribution in [-0.2, 0) is 0 Å². The van der Waals surface area contributed by atoms with Crippen molar-refractivity contribution < 1.29 is 10.2 Å². The Balaban J connectivity index is 3.02. The minimum absolute atomic E-state index is 0.0761. The van der Waals surface area contributed by atoms with E-state index in [9.17, 15) is 0 Å². The normalized spacial score (nSPS) is 12.0. The maximum Gasteiger partial charge on any atom is 0.232 e. The fourth-order valence-electron chi connectivity index (χ4n) is 1.59. The van der Waals surface area contributed by atoms with Gasteiger partial charge in [0.25, 0.3) is 0 Å². The van der Waals surface area contributed by atoms with Gasteiger partial charge in [-0.05, 0) is 6.92 Å². The molecule has 1 rings (SSSR count). The van der Waals surface area contributed by atoms with Crippen LogP contribution >= 0.6 is 0 Å². The quantitative estimate of drug-likeness (QED) is 0.261. The molecule has 0 radical (unpaired) electrons. The molecule has 1 unspecified atom stereocenters. The van der Waals surface area contributed by atoms with Crippen LogP contribution in [0.15, 0.2) is 0 Å². The maximum atomic E-state index is 9.09. The van der Waals surface area contributed by atoms with Crippen LogP contribution in [0.3, 0.4) is 0 Å². The van der Waals surface area contributed by atoms with Gasteiger partial charge in [-0.25, -0.2) is 0 Å². The van der Waals surface area contributed by atoms with Crippen LogP contribution in [0.2, 0.25) is 0 Å². The summed E-state index contributed by atoms with van der Waals surface area (Å²) in [6.07, 6.45) is -0.327. The van der Waals surface area contributed by atoms with E-state index in [0.29, 0.717) is 44.0 Å². The first-order valence-corrected chi connectivity index (χ1v) is 6.79. The lowest BCUT2D eigenvalue weighted by Gasteiger charge is -2.21. The van der Waals surface area contributed by atoms with Gasteiger partial charge in [0, 0.05) is 26.2 Å². The summed E-state index contributed by atoms with van der Waals surface area (Å²) in [5.41, 5.74) is 11.1. The Morgan fingerprint density at radius 2 is 1.76 bits per heavy atom. The van der Waals surface area contributed by atoms with Gasteiger partial charge in [-0.1, -0.05) is 0 Å². The van der Waals surface area contributed by atoms with Gasteiger partial charge in [0.2, 0.25) is 17.8 Å². The Labute approximate surface area is 123 Å². The highest BCUT2D eigenvalue weighted by Crippen LogP contribution is 2.13. The number of hydrogen-bond acceptors (Lipinski definition) is 10. The van der Waals surface area contributed by atoms with Gasteiger partial charge in [0.15, 0.2) is 0 Å². The monoisotopic (exact) mass is 300 g/mol. The zero-order chi connectivity index (χ0) is 15.7. The lowest BCUT2D eigenvalue weighted by Crippen LogP contribution is -2.33. The molecule has 120 valence electrons. The third-order valence-electron chi connectivity index (χ3n) is 2.43. The zero-order valence-corrected chi connectivity index (χ0v) is 12.2. The van der Waals surface area contributed by atoms with Crippen LogP contribution in [0.4, 0.5) is 17.8 Å². The van der Waals surface area contributed by atoms with E-state index >= 15 is 0 Å². The molecule has 0 aromatic carbocycles. The van der Waals surface area contributed by atoms with Crippen molar-refractivity contribution in [3.63, 3.8) is 0 Å². The molecule has 1 heterocycles. The highest BCUT2D eigenvalue weighted by molar-refractivity contribution is 5.44. The molecule has 0 aliphatic carbocycles. The Kier molecular flexibility index (Phi) is 7.61. The molecule has 0 aliphatic rings. The van der Waals surface area contributed by atoms with Gasteiger partial charge in [-0.2, -0.15) is 15.0 Å². The highest BCUT2D eigenvalue weighted by atomic mass is 16.3. The number of nitrogens with zero attached hydrogens (tertiary/aromatic N) is 4. The molecule has 1 aromatic heterocycles. The van der Waals surface area contributed by atoms with Crippen molar-refractivity contribution in [2.24, 2.45) is 11.5 Å². The predicted octanol–water partition coefficient (Wildman–Crippen LogP) is -2.25. The number of nitrogens with one attached hydrogen (secondary N) is 2. The molecule has 0 fully saturated rings. The first kappa shape index (κ1) is 17.3. The lowest BCUT2D eigenvalue weighted by molar-refractivity contribution is 0.280. The lowest BCUT2D eigenvalue weighted by atomic mass is 10.5. The van der Waals surface area contributed by atoms with E-state index in [1.54, 1.807) is 11.8 Å². The van der Waals surface area contributed by atoms with Crippen LogP contribution in [0.1, 0.15) is 6.92 Å². The summed E-state index contributed by atoms with van der Waals surface area (Å²) < 4.78 is 0. The fourth-order valence-corrected chi connectivity index (χ4v) is 1.59. The minimum Gasteiger partial charge on any atom is -0.395 e. The maximum absolute atomic E-state index is 9.09. The average Bonchev–Trinajstić information content (AvgIpc) is 2.44. The number of nitrogens with two attached hydrogens (primary N) is 2. The third kappa shape index (κ3) is 6.04. The van der Waals surface area contributed by atoms with Gasteiger partial charge in [-0.3, -0.25) is 0 Å². The number of anilines is 3. The van der Waals surface area contributed by atoms with Crippen molar-refractivity contribution in [2.75, 3.05) is 54.9 Å². The minimum atomic E-state index is -0.327. The van der Waals surface area contributed by atoms with Crippen molar-refractivity contribution in [3.05, 3.63) is 0 Å². The standard InChI is InChI=1S/C11H24N8O2/c1-8(13)15-10-16-9(14-3-2-12)17-11(18-10)19(4-6-20)5-7-21/h8,20-21H,2-7,12-13H2,1H3,(H2,14,15,16,17,18). The summed E-state index contributed by atoms with van der Waals surface area (Å²) in [5, 5.41) is 24.0. The van der Waals surface area contributed by atoms with Gasteiger partial charge >= 0.3 is 0 Å². The number of hydrogen-bond donors (Lipinski definition) is 6. The summed E-state index contributed by atoms with van der Waals surface area (Å²) in [6, 6.07) is 0. The molecule has 8 N–H and O–H groups in total. The molecule has 21 heavy (non-hydrogen) atoms. The molecule has 10 heteroatoms. The van der Waals surface area contributed by atoms with Crippen molar-refractivity contribution in [3.8, 4) is 0 Å². The molecule has 0 bridgehead atoms. The number of aliphatic hydroxyl groups excluding tert-OH is 2. The van der Waals surface area contributed by atoms with Crippen LogP contribution in [0.25, 0.3) is 0 Å². The second-order valence-corrected chi connectivity index (χ2v) is 4.37. The number of aromatic nitrogens is 3. The zero-order valence-electron chi connectivity index (χ0n) is 12.2. The van der Waals surface area contributed by atoms with E-state index in [1.165, 1.54) is 0 Å². The van der Waals surface area contributed by atoms with E-state index in [-0.39, 0.29) is 19.4 Å². The smallest absolute Gasteiger partial charge is 0.232 e. The molecule has 10 nitrogen and oxygen atoms in total. The summed E-state index contributed by atoms with van der Waals surface area (Å²) in [6.45, 7) is 3.17. The van der Waals surface area contributed by atoms with Gasteiger partial charge < -0.3 is 37.2 Å². The van der Waals surface area contributed by atoms with Gasteiger partial charge in [0.05, 0.1) is 19.4 Å². The second kappa shape index (κ2) is 9.23. The van der Waals surface area contributed by atoms with Crippen molar-refractivity contribution in [2.45, 2.75) is 13.1 Å². The Morgan fingerprint density at radius 1 is 1.14 bits per heavy atom. The van der Waals surface area contributed by atoms with E-state index in [4.69, 9.17) is 21.7 Å². The van der Waals surface area contributed by atoms with E-state index in [0.717, 1.165) is 0 Å². The van der Waals surface area contributed by atoms with Gasteiger partial charge in [0.1, 0.15) is 0 Å². The third-order valence-corrected chi connectivity index (χ3v) is 2.43. The fraction of sp³-hybridized carbons (Fsp3) is 0.727. The first-order chi connectivity index (χ1) is 10.1. The van der Waals surface area contributed by atoms with Crippen LogP contribution in [0.5, 0.6) is 0 Å². The average molecular weight is 300 g/mol. The van der Waals surface area contributed by atoms with Crippen LogP contribution in [-0.4, -0.2) is 70.7 Å². The Morgan fingerprint density at radius 3 is 2.29 bits per heavy atom. The summed E-state index contributed by atoms with van der Waals surface area (Å²) in [7, 11) is 0. The molecule has 0 spiro atoms. The molecule has 0 amide bonds. The van der Waals surface area contributed by atoms with E-state index in [1.807, 2.05) is 0 Å². The van der Waals surface area contributed by atoms with Crippen molar-refractivity contribution in [1.29, 1.82) is 0 Å². The molecule has 0 saturated carbocycles. The summed E-state index contributed by atoms with van der Waals surface area (Å²) in [5.74, 6) is 1.01. The van der Waals surface area contributed by atoms with Crippen LogP contribution in [0, 0.1) is 0 Å². The Bertz CT molecular complexity index is 411. The SMILES string of the molecule is CC(N)Nc1nc(NCCN)nc(N(CCO)CCO)n1. The molecule has 1 aromatic rings. The summed E-state index contributed by atoms with van der Waals surface area (Å²) in [4.78, 5) is 14.3. The van der Waals surface area contributed by atoms with Crippen LogP contribution < -0.4 is 27.0 Å². The highest BCUT2D eigenvalue weighted by Gasteiger charge is 2.13. The first-order valence-electron chi connectivity index (χ1n) is 6.79. The number of aliphatic hydroxyl groups is 2. The molecular weight excluding hydrogens is 276 g/mol.